The number of benzene rings is 2. The van der Waals surface area contributed by atoms with Gasteiger partial charge in [-0.1, -0.05) is 12.1 Å². The number of rotatable bonds is 2. The van der Waals surface area contributed by atoms with Gasteiger partial charge < -0.3 is 4.74 Å². The van der Waals surface area contributed by atoms with Crippen molar-refractivity contribution in [1.29, 1.82) is 5.26 Å². The van der Waals surface area contributed by atoms with Crippen LogP contribution in [0.5, 0.6) is 0 Å². The minimum absolute atomic E-state index is 0.336. The van der Waals surface area contributed by atoms with Crippen LogP contribution in [0, 0.1) is 11.3 Å². The van der Waals surface area contributed by atoms with Crippen molar-refractivity contribution in [1.82, 2.24) is 0 Å². The Kier molecular flexibility index (Phi) is 3.06. The normalized spacial score (nSPS) is 9.88. The van der Waals surface area contributed by atoms with Gasteiger partial charge in [0.1, 0.15) is 0 Å². The van der Waals surface area contributed by atoms with Crippen LogP contribution < -0.4 is 0 Å². The average molecular weight is 225 g/mol. The first-order chi connectivity index (χ1) is 8.24. The SMILES string of the molecule is CCOC(=O)c1ccc2ccc(C#N)cc2c1. The van der Waals surface area contributed by atoms with Crippen molar-refractivity contribution in [3.63, 3.8) is 0 Å². The quantitative estimate of drug-likeness (QED) is 0.738. The number of carbonyl (C=O) groups is 1. The molecule has 3 nitrogen and oxygen atoms in total. The van der Waals surface area contributed by atoms with Gasteiger partial charge in [0.25, 0.3) is 0 Å². The third-order valence-corrected chi connectivity index (χ3v) is 2.48. The summed E-state index contributed by atoms with van der Waals surface area (Å²) >= 11 is 0. The molecular weight excluding hydrogens is 214 g/mol. The van der Waals surface area contributed by atoms with Crippen LogP contribution in [0.3, 0.4) is 0 Å². The lowest BCUT2D eigenvalue weighted by Gasteiger charge is -2.03. The van der Waals surface area contributed by atoms with Crippen molar-refractivity contribution in [2.45, 2.75) is 6.92 Å². The summed E-state index contributed by atoms with van der Waals surface area (Å²) in [6.45, 7) is 2.13. The zero-order chi connectivity index (χ0) is 12.3. The maximum Gasteiger partial charge on any atom is 0.338 e. The number of nitriles is 1. The molecule has 0 aliphatic rings. The fourth-order valence-electron chi connectivity index (χ4n) is 1.66. The van der Waals surface area contributed by atoms with Gasteiger partial charge in [0.05, 0.1) is 23.8 Å². The number of fused-ring (bicyclic) bond motifs is 1. The van der Waals surface area contributed by atoms with E-state index in [1.54, 1.807) is 31.2 Å². The number of nitrogens with zero attached hydrogens (tertiary/aromatic N) is 1. The standard InChI is InChI=1S/C14H11NO2/c1-2-17-14(16)12-6-5-11-4-3-10(9-15)7-13(11)8-12/h3-8H,2H2,1H3. The molecule has 0 unspecified atom stereocenters. The molecule has 84 valence electrons. The molecule has 0 saturated heterocycles. The van der Waals surface area contributed by atoms with E-state index >= 15 is 0 Å². The monoisotopic (exact) mass is 225 g/mol. The zero-order valence-electron chi connectivity index (χ0n) is 9.43. The zero-order valence-corrected chi connectivity index (χ0v) is 9.43. The highest BCUT2D eigenvalue weighted by molar-refractivity contribution is 5.95. The third kappa shape index (κ3) is 2.26. The molecule has 0 aliphatic carbocycles. The van der Waals surface area contributed by atoms with Gasteiger partial charge in [-0.3, -0.25) is 0 Å². The predicted molar refractivity (Wildman–Crippen MR) is 64.6 cm³/mol. The lowest BCUT2D eigenvalue weighted by molar-refractivity contribution is 0.0526. The molecule has 0 atom stereocenters. The first kappa shape index (κ1) is 11.2. The van der Waals surface area contributed by atoms with E-state index in [2.05, 4.69) is 6.07 Å². The molecule has 0 heterocycles. The van der Waals surface area contributed by atoms with Crippen molar-refractivity contribution < 1.29 is 9.53 Å². The minimum atomic E-state index is -0.336. The van der Waals surface area contributed by atoms with Crippen molar-refractivity contribution in [3.05, 3.63) is 47.5 Å². The summed E-state index contributed by atoms with van der Waals surface area (Å²) in [7, 11) is 0. The fraction of sp³-hybridized carbons (Fsp3) is 0.143. The fourth-order valence-corrected chi connectivity index (χ4v) is 1.66. The molecule has 2 aromatic rings. The van der Waals surface area contributed by atoms with Gasteiger partial charge in [0.2, 0.25) is 0 Å². The Balaban J connectivity index is 2.49. The van der Waals surface area contributed by atoms with Crippen LogP contribution in [0.1, 0.15) is 22.8 Å². The van der Waals surface area contributed by atoms with Gasteiger partial charge in [-0.05, 0) is 42.0 Å². The summed E-state index contributed by atoms with van der Waals surface area (Å²) in [5.74, 6) is -0.336. The van der Waals surface area contributed by atoms with Gasteiger partial charge >= 0.3 is 5.97 Å². The van der Waals surface area contributed by atoms with E-state index in [9.17, 15) is 4.79 Å². The maximum absolute atomic E-state index is 11.6. The van der Waals surface area contributed by atoms with Crippen molar-refractivity contribution in [2.24, 2.45) is 0 Å². The van der Waals surface area contributed by atoms with Crippen molar-refractivity contribution in [3.8, 4) is 6.07 Å². The molecule has 2 aromatic carbocycles. The Labute approximate surface area is 99.2 Å². The Hall–Kier alpha value is -2.34. The van der Waals surface area contributed by atoms with E-state index in [0.29, 0.717) is 17.7 Å². The summed E-state index contributed by atoms with van der Waals surface area (Å²) in [5.41, 5.74) is 1.09. The summed E-state index contributed by atoms with van der Waals surface area (Å²) in [6, 6.07) is 12.8. The predicted octanol–water partition coefficient (Wildman–Crippen LogP) is 2.89. The highest BCUT2D eigenvalue weighted by atomic mass is 16.5. The van der Waals surface area contributed by atoms with Gasteiger partial charge in [-0.2, -0.15) is 5.26 Å². The maximum atomic E-state index is 11.6. The number of hydrogen-bond acceptors (Lipinski definition) is 3. The Morgan fingerprint density at radius 2 is 2.00 bits per heavy atom. The summed E-state index contributed by atoms with van der Waals surface area (Å²) < 4.78 is 4.93. The van der Waals surface area contributed by atoms with Crippen molar-refractivity contribution >= 4 is 16.7 Å². The second-order valence-electron chi connectivity index (χ2n) is 3.61. The van der Waals surface area contributed by atoms with Crippen LogP contribution in [0.15, 0.2) is 36.4 Å². The number of esters is 1. The molecule has 0 N–H and O–H groups in total. The number of ether oxygens (including phenoxy) is 1. The van der Waals surface area contributed by atoms with Crippen LogP contribution >= 0.6 is 0 Å². The minimum Gasteiger partial charge on any atom is -0.462 e. The smallest absolute Gasteiger partial charge is 0.338 e. The highest BCUT2D eigenvalue weighted by Gasteiger charge is 2.06. The average Bonchev–Trinajstić information content (AvgIpc) is 2.37. The molecule has 0 fully saturated rings. The summed E-state index contributed by atoms with van der Waals surface area (Å²) in [5, 5.41) is 10.7. The van der Waals surface area contributed by atoms with Crippen LogP contribution in [0.2, 0.25) is 0 Å². The number of carbonyl (C=O) groups excluding carboxylic acids is 1. The lowest BCUT2D eigenvalue weighted by Crippen LogP contribution is -2.04. The van der Waals surface area contributed by atoms with E-state index in [1.165, 1.54) is 0 Å². The van der Waals surface area contributed by atoms with E-state index in [-0.39, 0.29) is 5.97 Å². The largest absolute Gasteiger partial charge is 0.462 e. The third-order valence-electron chi connectivity index (χ3n) is 2.48. The second kappa shape index (κ2) is 4.67. The van der Waals surface area contributed by atoms with Crippen LogP contribution in [-0.2, 0) is 4.74 Å². The molecule has 3 heteroatoms. The number of hydrogen-bond donors (Lipinski definition) is 0. The molecule has 0 amide bonds. The van der Waals surface area contributed by atoms with E-state index in [1.807, 2.05) is 12.1 Å². The summed E-state index contributed by atoms with van der Waals surface area (Å²) in [4.78, 5) is 11.6. The van der Waals surface area contributed by atoms with Crippen molar-refractivity contribution in [2.75, 3.05) is 6.61 Å². The molecular formula is C14H11NO2. The van der Waals surface area contributed by atoms with Crippen LogP contribution in [0.25, 0.3) is 10.8 Å². The Bertz CT molecular complexity index is 611. The first-order valence-electron chi connectivity index (χ1n) is 5.35. The molecule has 0 radical (unpaired) electrons. The van der Waals surface area contributed by atoms with Crippen LogP contribution in [0.4, 0.5) is 0 Å². The molecule has 17 heavy (non-hydrogen) atoms. The van der Waals surface area contributed by atoms with Gasteiger partial charge in [0.15, 0.2) is 0 Å². The Morgan fingerprint density at radius 3 is 2.71 bits per heavy atom. The lowest BCUT2D eigenvalue weighted by atomic mass is 10.0. The topological polar surface area (TPSA) is 50.1 Å². The summed E-state index contributed by atoms with van der Waals surface area (Å²) in [6.07, 6.45) is 0. The molecule has 0 bridgehead atoms. The van der Waals surface area contributed by atoms with E-state index < -0.39 is 0 Å². The molecule has 0 spiro atoms. The first-order valence-corrected chi connectivity index (χ1v) is 5.35. The molecule has 2 rings (SSSR count). The second-order valence-corrected chi connectivity index (χ2v) is 3.61. The van der Waals surface area contributed by atoms with Gasteiger partial charge in [0, 0.05) is 0 Å². The molecule has 0 saturated carbocycles. The molecule has 0 aliphatic heterocycles. The van der Waals surface area contributed by atoms with Gasteiger partial charge in [-0.15, -0.1) is 0 Å². The Morgan fingerprint density at radius 1 is 1.24 bits per heavy atom. The van der Waals surface area contributed by atoms with Crippen LogP contribution in [-0.4, -0.2) is 12.6 Å². The molecule has 0 aromatic heterocycles. The van der Waals surface area contributed by atoms with Gasteiger partial charge in [-0.25, -0.2) is 4.79 Å². The van der Waals surface area contributed by atoms with E-state index in [4.69, 9.17) is 10.00 Å². The van der Waals surface area contributed by atoms with E-state index in [0.717, 1.165) is 10.8 Å². The highest BCUT2D eigenvalue weighted by Crippen LogP contribution is 2.18.